The van der Waals surface area contributed by atoms with E-state index in [0.29, 0.717) is 0 Å². The topological polar surface area (TPSA) is 20.3 Å². The van der Waals surface area contributed by atoms with Crippen molar-refractivity contribution in [1.82, 2.24) is 0 Å². The Labute approximate surface area is 235 Å². The van der Waals surface area contributed by atoms with Gasteiger partial charge in [-0.2, -0.15) is 0 Å². The molecular formula is C36H27NOSe. The molecule has 39 heavy (non-hydrogen) atoms. The Kier molecular flexibility index (Phi) is 4.62. The van der Waals surface area contributed by atoms with E-state index >= 15 is 0 Å². The fourth-order valence-electron chi connectivity index (χ4n) is 6.89. The van der Waals surface area contributed by atoms with Crippen LogP contribution in [0.25, 0.3) is 0 Å². The summed E-state index contributed by atoms with van der Waals surface area (Å²) in [6.07, 6.45) is 0. The number of nitrogens with zero attached hydrogens (tertiary/aromatic N) is 1. The van der Waals surface area contributed by atoms with Crippen molar-refractivity contribution >= 4 is 46.7 Å². The maximum absolute atomic E-state index is 13.9. The van der Waals surface area contributed by atoms with Crippen LogP contribution in [-0.2, 0) is 10.8 Å². The van der Waals surface area contributed by atoms with Crippen molar-refractivity contribution in [2.24, 2.45) is 0 Å². The number of carbonyl (C=O) groups excluding carboxylic acids is 1. The van der Waals surface area contributed by atoms with Gasteiger partial charge in [-0.15, -0.1) is 0 Å². The van der Waals surface area contributed by atoms with Gasteiger partial charge in [-0.3, -0.25) is 0 Å². The molecule has 0 bridgehead atoms. The van der Waals surface area contributed by atoms with E-state index in [1.165, 1.54) is 42.7 Å². The molecular weight excluding hydrogens is 541 g/mol. The van der Waals surface area contributed by atoms with Crippen LogP contribution in [0.5, 0.6) is 0 Å². The third kappa shape index (κ3) is 2.90. The van der Waals surface area contributed by atoms with Crippen molar-refractivity contribution in [3.63, 3.8) is 0 Å². The summed E-state index contributed by atoms with van der Waals surface area (Å²) in [5.41, 5.74) is 10.7. The molecule has 0 N–H and O–H groups in total. The zero-order valence-corrected chi connectivity index (χ0v) is 23.9. The summed E-state index contributed by atoms with van der Waals surface area (Å²) >= 11 is 0.187. The molecule has 1 spiro atoms. The third-order valence-electron chi connectivity index (χ3n) is 8.61. The Hall–Kier alpha value is -3.91. The van der Waals surface area contributed by atoms with Gasteiger partial charge in [-0.1, -0.05) is 0 Å². The van der Waals surface area contributed by atoms with Crippen molar-refractivity contribution in [3.8, 4) is 0 Å². The quantitative estimate of drug-likeness (QED) is 0.191. The van der Waals surface area contributed by atoms with Crippen LogP contribution in [-0.4, -0.2) is 20.7 Å². The van der Waals surface area contributed by atoms with E-state index in [1.807, 2.05) is 24.3 Å². The molecule has 1 aliphatic carbocycles. The van der Waals surface area contributed by atoms with Crippen molar-refractivity contribution in [1.29, 1.82) is 0 Å². The molecule has 5 aromatic rings. The molecule has 0 radical (unpaired) electrons. The van der Waals surface area contributed by atoms with Crippen molar-refractivity contribution < 1.29 is 4.79 Å². The fourth-order valence-corrected chi connectivity index (χ4v) is 9.18. The van der Waals surface area contributed by atoms with Gasteiger partial charge in [-0.05, 0) is 0 Å². The van der Waals surface area contributed by atoms with Gasteiger partial charge in [0.05, 0.1) is 0 Å². The summed E-state index contributed by atoms with van der Waals surface area (Å²) in [4.78, 5) is 16.4. The van der Waals surface area contributed by atoms with Gasteiger partial charge in [0.1, 0.15) is 0 Å². The molecule has 0 unspecified atom stereocenters. The molecule has 2 nitrogen and oxygen atoms in total. The number of ketones is 1. The molecule has 0 saturated heterocycles. The van der Waals surface area contributed by atoms with E-state index < -0.39 is 5.41 Å². The van der Waals surface area contributed by atoms with Gasteiger partial charge in [0.2, 0.25) is 0 Å². The Balaban J connectivity index is 1.61. The van der Waals surface area contributed by atoms with Crippen LogP contribution in [0.2, 0.25) is 0 Å². The number of hydrogen-bond acceptors (Lipinski definition) is 2. The molecule has 3 aliphatic rings. The first-order valence-corrected chi connectivity index (χ1v) is 15.2. The van der Waals surface area contributed by atoms with Crippen molar-refractivity contribution in [2.75, 3.05) is 4.90 Å². The standard InChI is InChI=1S/C36H27NOSe/c1-35(2,3)22-19-20-29-28(21-22)36(25-13-6-4-11-23(25)34(38)24-12-5-7-14-26(24)36)27-15-10-18-32-33(27)37(29)30-16-8-9-17-31(30)39-32/h4-21H,1-3H3. The minimum atomic E-state index is -0.595. The molecule has 0 fully saturated rings. The molecule has 0 atom stereocenters. The number of carbonyl (C=O) groups is 1. The molecule has 188 valence electrons. The zero-order chi connectivity index (χ0) is 26.5. The van der Waals surface area contributed by atoms with E-state index in [9.17, 15) is 4.79 Å². The van der Waals surface area contributed by atoms with Gasteiger partial charge < -0.3 is 0 Å². The predicted octanol–water partition coefficient (Wildman–Crippen LogP) is 6.66. The Morgan fingerprint density at radius 1 is 0.615 bits per heavy atom. The minimum absolute atomic E-state index is 0.0230. The Morgan fingerprint density at radius 3 is 1.95 bits per heavy atom. The zero-order valence-electron chi connectivity index (χ0n) is 22.2. The summed E-state index contributed by atoms with van der Waals surface area (Å²) in [5.74, 6) is 0.113. The molecule has 0 aromatic heterocycles. The molecule has 5 aromatic carbocycles. The molecule has 8 rings (SSSR count). The van der Waals surface area contributed by atoms with E-state index in [1.54, 1.807) is 0 Å². The fraction of sp³-hybridized carbons (Fsp3) is 0.139. The summed E-state index contributed by atoms with van der Waals surface area (Å²) in [6.45, 7) is 6.84. The number of rotatable bonds is 0. The SMILES string of the molecule is CC(C)(C)c1ccc2c(c1)C1(c3ccccc3C(=O)c3ccccc31)c1cccc3c1N2c1ccccc1[Se]3. The summed E-state index contributed by atoms with van der Waals surface area (Å²) < 4.78 is 2.78. The third-order valence-corrected chi connectivity index (χ3v) is 10.9. The van der Waals surface area contributed by atoms with Gasteiger partial charge in [0.15, 0.2) is 0 Å². The summed E-state index contributed by atoms with van der Waals surface area (Å²) in [7, 11) is 0. The Bertz CT molecular complexity index is 1810. The molecule has 2 aliphatic heterocycles. The molecule has 3 heteroatoms. The van der Waals surface area contributed by atoms with Crippen LogP contribution >= 0.6 is 0 Å². The number of anilines is 3. The van der Waals surface area contributed by atoms with Gasteiger partial charge >= 0.3 is 236 Å². The summed E-state index contributed by atoms with van der Waals surface area (Å²) in [6, 6.07) is 39.3. The monoisotopic (exact) mass is 569 g/mol. The molecule has 2 heterocycles. The van der Waals surface area contributed by atoms with E-state index in [-0.39, 0.29) is 26.2 Å². The number of hydrogen-bond donors (Lipinski definition) is 0. The molecule has 0 amide bonds. The van der Waals surface area contributed by atoms with Crippen molar-refractivity contribution in [2.45, 2.75) is 31.6 Å². The normalized spacial score (nSPS) is 15.7. The van der Waals surface area contributed by atoms with E-state index in [2.05, 4.69) is 111 Å². The van der Waals surface area contributed by atoms with Crippen LogP contribution in [0, 0.1) is 0 Å². The maximum atomic E-state index is 13.9. The summed E-state index contributed by atoms with van der Waals surface area (Å²) in [5, 5.41) is 0. The average molecular weight is 569 g/mol. The Morgan fingerprint density at radius 2 is 1.23 bits per heavy atom. The van der Waals surface area contributed by atoms with E-state index in [0.717, 1.165) is 22.3 Å². The predicted molar refractivity (Wildman–Crippen MR) is 160 cm³/mol. The second-order valence-electron chi connectivity index (χ2n) is 11.7. The van der Waals surface area contributed by atoms with Crippen LogP contribution < -0.4 is 13.8 Å². The first kappa shape index (κ1) is 23.0. The average Bonchev–Trinajstić information content (AvgIpc) is 2.96. The molecule has 0 saturated carbocycles. The second-order valence-corrected chi connectivity index (χ2v) is 14.0. The van der Waals surface area contributed by atoms with E-state index in [4.69, 9.17) is 0 Å². The number of para-hydroxylation sites is 2. The number of fused-ring (bicyclic) bond motifs is 10. The van der Waals surface area contributed by atoms with Crippen LogP contribution in [0.4, 0.5) is 17.1 Å². The first-order valence-electron chi connectivity index (χ1n) is 13.5. The van der Waals surface area contributed by atoms with Crippen LogP contribution in [0.1, 0.15) is 64.5 Å². The van der Waals surface area contributed by atoms with Gasteiger partial charge in [0.25, 0.3) is 0 Å². The van der Waals surface area contributed by atoms with Crippen LogP contribution in [0.3, 0.4) is 0 Å². The van der Waals surface area contributed by atoms with Crippen molar-refractivity contribution in [3.05, 3.63) is 148 Å². The number of benzene rings is 5. The van der Waals surface area contributed by atoms with Crippen LogP contribution in [0.15, 0.2) is 109 Å². The first-order chi connectivity index (χ1) is 18.9. The second kappa shape index (κ2) is 7.82. The van der Waals surface area contributed by atoms with Gasteiger partial charge in [0, 0.05) is 0 Å². The van der Waals surface area contributed by atoms with Gasteiger partial charge in [-0.25, -0.2) is 0 Å².